The fourth-order valence-corrected chi connectivity index (χ4v) is 2.94. The molecule has 1 N–H and O–H groups in total. The van der Waals surface area contributed by atoms with Crippen molar-refractivity contribution in [2.24, 2.45) is 0 Å². The van der Waals surface area contributed by atoms with E-state index in [0.717, 1.165) is 25.4 Å². The van der Waals surface area contributed by atoms with E-state index in [2.05, 4.69) is 10.2 Å². The first-order chi connectivity index (χ1) is 9.72. The van der Waals surface area contributed by atoms with Crippen LogP contribution >= 0.6 is 0 Å². The van der Waals surface area contributed by atoms with Crippen LogP contribution in [0.5, 0.6) is 0 Å². The number of morpholine rings is 1. The minimum Gasteiger partial charge on any atom is -0.382 e. The first kappa shape index (κ1) is 13.3. The third-order valence-electron chi connectivity index (χ3n) is 4.07. The molecule has 2 aliphatic heterocycles. The maximum Gasteiger partial charge on any atom is 0.269 e. The van der Waals surface area contributed by atoms with E-state index < -0.39 is 0 Å². The van der Waals surface area contributed by atoms with Crippen LogP contribution in [-0.2, 0) is 4.74 Å². The summed E-state index contributed by atoms with van der Waals surface area (Å²) in [5, 5.41) is 13.9. The molecular formula is C14H19N3O3. The van der Waals surface area contributed by atoms with Gasteiger partial charge in [-0.15, -0.1) is 0 Å². The summed E-state index contributed by atoms with van der Waals surface area (Å²) in [6, 6.07) is 7.12. The quantitative estimate of drug-likeness (QED) is 0.672. The molecule has 2 heterocycles. The zero-order valence-corrected chi connectivity index (χ0v) is 11.3. The SMILES string of the molecule is O=[N+]([O-])c1ccc(NCC2CN3CCCC3CO2)cc1. The third-order valence-corrected chi connectivity index (χ3v) is 4.07. The summed E-state index contributed by atoms with van der Waals surface area (Å²) < 4.78 is 5.86. The van der Waals surface area contributed by atoms with Crippen molar-refractivity contribution in [2.45, 2.75) is 25.0 Å². The van der Waals surface area contributed by atoms with Crippen molar-refractivity contribution in [3.05, 3.63) is 34.4 Å². The van der Waals surface area contributed by atoms with Crippen LogP contribution < -0.4 is 5.32 Å². The summed E-state index contributed by atoms with van der Waals surface area (Å²) >= 11 is 0. The Balaban J connectivity index is 1.50. The summed E-state index contributed by atoms with van der Waals surface area (Å²) in [6.07, 6.45) is 2.72. The molecule has 0 spiro atoms. The summed E-state index contributed by atoms with van der Waals surface area (Å²) in [5.41, 5.74) is 1.01. The lowest BCUT2D eigenvalue weighted by atomic mass is 10.2. The Labute approximate surface area is 117 Å². The monoisotopic (exact) mass is 277 g/mol. The van der Waals surface area contributed by atoms with E-state index >= 15 is 0 Å². The van der Waals surface area contributed by atoms with Crippen molar-refractivity contribution < 1.29 is 9.66 Å². The van der Waals surface area contributed by atoms with Gasteiger partial charge >= 0.3 is 0 Å². The number of nitro benzene ring substituents is 1. The number of rotatable bonds is 4. The first-order valence-electron chi connectivity index (χ1n) is 7.06. The lowest BCUT2D eigenvalue weighted by Gasteiger charge is -2.35. The Morgan fingerprint density at radius 1 is 1.40 bits per heavy atom. The first-order valence-corrected chi connectivity index (χ1v) is 7.06. The number of hydrogen-bond donors (Lipinski definition) is 1. The van der Waals surface area contributed by atoms with Crippen LogP contribution in [0.2, 0.25) is 0 Å². The van der Waals surface area contributed by atoms with Crippen LogP contribution in [0.25, 0.3) is 0 Å². The van der Waals surface area contributed by atoms with Crippen LogP contribution in [0.15, 0.2) is 24.3 Å². The molecular weight excluding hydrogens is 258 g/mol. The molecule has 2 saturated heterocycles. The highest BCUT2D eigenvalue weighted by molar-refractivity contribution is 5.48. The third kappa shape index (κ3) is 2.91. The highest BCUT2D eigenvalue weighted by Crippen LogP contribution is 2.23. The molecule has 3 rings (SSSR count). The van der Waals surface area contributed by atoms with Crippen molar-refractivity contribution >= 4 is 11.4 Å². The molecule has 108 valence electrons. The average molecular weight is 277 g/mol. The molecule has 1 aromatic carbocycles. The van der Waals surface area contributed by atoms with Crippen molar-refractivity contribution in [2.75, 3.05) is 31.6 Å². The summed E-state index contributed by atoms with van der Waals surface area (Å²) in [5.74, 6) is 0. The minimum atomic E-state index is -0.387. The molecule has 6 heteroatoms. The molecule has 2 atom stereocenters. The number of benzene rings is 1. The Kier molecular flexibility index (Phi) is 3.84. The summed E-state index contributed by atoms with van der Waals surface area (Å²) in [4.78, 5) is 12.7. The molecule has 0 aromatic heterocycles. The number of nitrogens with zero attached hydrogens (tertiary/aromatic N) is 2. The fraction of sp³-hybridized carbons (Fsp3) is 0.571. The molecule has 0 aliphatic carbocycles. The van der Waals surface area contributed by atoms with Gasteiger partial charge in [0.25, 0.3) is 5.69 Å². The van der Waals surface area contributed by atoms with E-state index in [4.69, 9.17) is 4.74 Å². The Morgan fingerprint density at radius 3 is 2.95 bits per heavy atom. The lowest BCUT2D eigenvalue weighted by molar-refractivity contribution is -0.384. The van der Waals surface area contributed by atoms with Gasteiger partial charge in [0.05, 0.1) is 17.6 Å². The predicted octanol–water partition coefficient (Wildman–Crippen LogP) is 1.87. The zero-order valence-electron chi connectivity index (χ0n) is 11.3. The van der Waals surface area contributed by atoms with Crippen molar-refractivity contribution in [3.8, 4) is 0 Å². The van der Waals surface area contributed by atoms with E-state index in [1.165, 1.54) is 31.5 Å². The van der Waals surface area contributed by atoms with E-state index in [9.17, 15) is 10.1 Å². The maximum atomic E-state index is 10.6. The average Bonchev–Trinajstić information content (AvgIpc) is 2.93. The van der Waals surface area contributed by atoms with E-state index in [1.54, 1.807) is 12.1 Å². The van der Waals surface area contributed by atoms with Crippen molar-refractivity contribution in [3.63, 3.8) is 0 Å². The smallest absolute Gasteiger partial charge is 0.269 e. The summed E-state index contributed by atoms with van der Waals surface area (Å²) in [6.45, 7) is 3.72. The van der Waals surface area contributed by atoms with Gasteiger partial charge in [-0.2, -0.15) is 0 Å². The number of anilines is 1. The predicted molar refractivity (Wildman–Crippen MR) is 75.9 cm³/mol. The Bertz CT molecular complexity index is 477. The van der Waals surface area contributed by atoms with E-state index in [0.29, 0.717) is 6.04 Å². The lowest BCUT2D eigenvalue weighted by Crippen LogP contribution is -2.48. The van der Waals surface area contributed by atoms with Gasteiger partial charge in [0.1, 0.15) is 0 Å². The molecule has 1 aromatic rings. The second kappa shape index (κ2) is 5.76. The molecule has 6 nitrogen and oxygen atoms in total. The highest BCUT2D eigenvalue weighted by Gasteiger charge is 2.31. The molecule has 0 saturated carbocycles. The van der Waals surface area contributed by atoms with Crippen LogP contribution in [0.1, 0.15) is 12.8 Å². The molecule has 2 aliphatic rings. The standard InChI is InChI=1S/C14H19N3O3/c18-17(19)12-5-3-11(4-6-12)15-8-14-9-16-7-1-2-13(16)10-20-14/h3-6,13-15H,1-2,7-10H2. The van der Waals surface area contributed by atoms with E-state index in [-0.39, 0.29) is 16.7 Å². The fourth-order valence-electron chi connectivity index (χ4n) is 2.94. The molecule has 2 unspecified atom stereocenters. The van der Waals surface area contributed by atoms with Crippen LogP contribution in [0, 0.1) is 10.1 Å². The number of non-ortho nitro benzene ring substituents is 1. The molecule has 2 fully saturated rings. The molecule has 20 heavy (non-hydrogen) atoms. The number of hydrogen-bond acceptors (Lipinski definition) is 5. The van der Waals surface area contributed by atoms with Crippen molar-refractivity contribution in [1.82, 2.24) is 4.90 Å². The zero-order chi connectivity index (χ0) is 13.9. The van der Waals surface area contributed by atoms with E-state index in [1.807, 2.05) is 0 Å². The van der Waals surface area contributed by atoms with Gasteiger partial charge in [-0.05, 0) is 31.5 Å². The molecule has 0 amide bonds. The largest absolute Gasteiger partial charge is 0.382 e. The number of nitro groups is 1. The second-order valence-corrected chi connectivity index (χ2v) is 5.43. The highest BCUT2D eigenvalue weighted by atomic mass is 16.6. The second-order valence-electron chi connectivity index (χ2n) is 5.43. The van der Waals surface area contributed by atoms with Gasteiger partial charge in [0.2, 0.25) is 0 Å². The minimum absolute atomic E-state index is 0.115. The van der Waals surface area contributed by atoms with Crippen LogP contribution in [-0.4, -0.2) is 48.2 Å². The Hall–Kier alpha value is -1.66. The Morgan fingerprint density at radius 2 is 2.20 bits per heavy atom. The van der Waals surface area contributed by atoms with Crippen LogP contribution in [0.3, 0.4) is 0 Å². The van der Waals surface area contributed by atoms with Crippen LogP contribution in [0.4, 0.5) is 11.4 Å². The normalized spacial score (nSPS) is 26.2. The van der Waals surface area contributed by atoms with Gasteiger partial charge in [0, 0.05) is 37.0 Å². The van der Waals surface area contributed by atoms with Gasteiger partial charge in [-0.3, -0.25) is 15.0 Å². The summed E-state index contributed by atoms with van der Waals surface area (Å²) in [7, 11) is 0. The van der Waals surface area contributed by atoms with Crippen molar-refractivity contribution in [1.29, 1.82) is 0 Å². The molecule has 0 bridgehead atoms. The number of fused-ring (bicyclic) bond motifs is 1. The molecule has 0 radical (unpaired) electrons. The number of nitrogens with one attached hydrogen (secondary N) is 1. The van der Waals surface area contributed by atoms with Gasteiger partial charge in [0.15, 0.2) is 0 Å². The van der Waals surface area contributed by atoms with Gasteiger partial charge in [-0.1, -0.05) is 0 Å². The van der Waals surface area contributed by atoms with Gasteiger partial charge < -0.3 is 10.1 Å². The number of ether oxygens (including phenoxy) is 1. The maximum absolute atomic E-state index is 10.6. The van der Waals surface area contributed by atoms with Gasteiger partial charge in [-0.25, -0.2) is 0 Å². The topological polar surface area (TPSA) is 67.6 Å².